The molecule has 0 aromatic heterocycles. The van der Waals surface area contributed by atoms with E-state index in [2.05, 4.69) is 20.8 Å². The van der Waals surface area contributed by atoms with Crippen molar-refractivity contribution in [3.05, 3.63) is 0 Å². The van der Waals surface area contributed by atoms with Crippen LogP contribution in [0.4, 0.5) is 0 Å². The number of ketones is 1. The number of Topliss-reactive ketones (excluding diaryl/α,β-unsaturated/α-hetero) is 1. The molecule has 0 aliphatic carbocycles. The Bertz CT molecular complexity index is 189. The number of aliphatic carboxylic acids is 1. The third kappa shape index (κ3) is 7.50. The van der Waals surface area contributed by atoms with Crippen LogP contribution >= 0.6 is 0 Å². The Labute approximate surface area is 79.1 Å². The number of hydrogen-bond donors (Lipinski definition) is 1. The minimum atomic E-state index is -1.31. The van der Waals surface area contributed by atoms with Gasteiger partial charge in [0.15, 0.2) is 0 Å². The van der Waals surface area contributed by atoms with E-state index in [4.69, 9.17) is 5.11 Å². The Morgan fingerprint density at radius 3 is 2.08 bits per heavy atom. The highest BCUT2D eigenvalue weighted by Gasteiger charge is 2.12. The minimum Gasteiger partial charge on any atom is -0.476 e. The molecule has 0 heterocycles. The average Bonchev–Trinajstić information content (AvgIpc) is 1.95. The van der Waals surface area contributed by atoms with E-state index in [0.717, 1.165) is 12.8 Å². The van der Waals surface area contributed by atoms with Crippen LogP contribution in [0.3, 0.4) is 0 Å². The first-order valence-corrected chi connectivity index (χ1v) is 4.59. The van der Waals surface area contributed by atoms with E-state index in [1.807, 2.05) is 0 Å². The second kappa shape index (κ2) is 5.00. The van der Waals surface area contributed by atoms with E-state index in [1.165, 1.54) is 0 Å². The Hall–Kier alpha value is -0.860. The monoisotopic (exact) mass is 186 g/mol. The van der Waals surface area contributed by atoms with Crippen molar-refractivity contribution in [2.75, 3.05) is 0 Å². The van der Waals surface area contributed by atoms with Gasteiger partial charge in [-0.2, -0.15) is 0 Å². The maximum Gasteiger partial charge on any atom is 0.372 e. The lowest BCUT2D eigenvalue weighted by Crippen LogP contribution is -2.12. The van der Waals surface area contributed by atoms with E-state index in [-0.39, 0.29) is 11.8 Å². The molecule has 0 saturated carbocycles. The molecule has 0 fully saturated rings. The third-order valence-electron chi connectivity index (χ3n) is 1.82. The summed E-state index contributed by atoms with van der Waals surface area (Å²) in [6.07, 6.45) is 2.80. The molecule has 0 atom stereocenters. The second-order valence-corrected chi connectivity index (χ2v) is 4.50. The van der Waals surface area contributed by atoms with Gasteiger partial charge >= 0.3 is 5.97 Å². The molecule has 76 valence electrons. The van der Waals surface area contributed by atoms with Gasteiger partial charge in [-0.15, -0.1) is 0 Å². The molecular weight excluding hydrogens is 168 g/mol. The van der Waals surface area contributed by atoms with Crippen LogP contribution in [0.5, 0.6) is 0 Å². The first-order valence-electron chi connectivity index (χ1n) is 4.59. The molecule has 3 heteroatoms. The number of hydrogen-bond acceptors (Lipinski definition) is 2. The standard InChI is InChI=1S/C10H18O3/c1-10(2,3)7-5-4-6-8(11)9(12)13/h4-7H2,1-3H3,(H,12,13). The molecule has 3 nitrogen and oxygen atoms in total. The van der Waals surface area contributed by atoms with Crippen LogP contribution in [0.15, 0.2) is 0 Å². The van der Waals surface area contributed by atoms with Gasteiger partial charge in [0.05, 0.1) is 0 Å². The Kier molecular flexibility index (Phi) is 4.67. The fourth-order valence-corrected chi connectivity index (χ4v) is 1.05. The van der Waals surface area contributed by atoms with Crippen molar-refractivity contribution in [1.29, 1.82) is 0 Å². The highest BCUT2D eigenvalue weighted by molar-refractivity contribution is 6.32. The van der Waals surface area contributed by atoms with Gasteiger partial charge in [-0.25, -0.2) is 4.79 Å². The van der Waals surface area contributed by atoms with Crippen molar-refractivity contribution in [3.63, 3.8) is 0 Å². The molecule has 0 aliphatic heterocycles. The quantitative estimate of drug-likeness (QED) is 0.529. The van der Waals surface area contributed by atoms with Gasteiger partial charge in [-0.1, -0.05) is 27.2 Å². The summed E-state index contributed by atoms with van der Waals surface area (Å²) in [6, 6.07) is 0. The topological polar surface area (TPSA) is 54.4 Å². The summed E-state index contributed by atoms with van der Waals surface area (Å²) >= 11 is 0. The molecule has 0 amide bonds. The highest BCUT2D eigenvalue weighted by atomic mass is 16.4. The second-order valence-electron chi connectivity index (χ2n) is 4.50. The molecule has 0 aromatic rings. The van der Waals surface area contributed by atoms with Crippen LogP contribution in [-0.4, -0.2) is 16.9 Å². The lowest BCUT2D eigenvalue weighted by atomic mass is 9.89. The fraction of sp³-hybridized carbons (Fsp3) is 0.800. The van der Waals surface area contributed by atoms with Crippen molar-refractivity contribution in [2.24, 2.45) is 5.41 Å². The van der Waals surface area contributed by atoms with Crippen LogP contribution in [0, 0.1) is 5.41 Å². The van der Waals surface area contributed by atoms with Crippen molar-refractivity contribution in [1.82, 2.24) is 0 Å². The van der Waals surface area contributed by atoms with Gasteiger partial charge in [0.25, 0.3) is 0 Å². The molecule has 13 heavy (non-hydrogen) atoms. The molecule has 0 bridgehead atoms. The number of carboxylic acids is 1. The SMILES string of the molecule is CC(C)(C)CCCCC(=O)C(=O)O. The normalized spacial score (nSPS) is 11.3. The van der Waals surface area contributed by atoms with Gasteiger partial charge in [0.2, 0.25) is 5.78 Å². The van der Waals surface area contributed by atoms with Crippen LogP contribution in [0.1, 0.15) is 46.5 Å². The van der Waals surface area contributed by atoms with Gasteiger partial charge in [0.1, 0.15) is 0 Å². The number of carbonyl (C=O) groups excluding carboxylic acids is 1. The third-order valence-corrected chi connectivity index (χ3v) is 1.82. The summed E-state index contributed by atoms with van der Waals surface area (Å²) in [5.41, 5.74) is 0.270. The molecule has 0 spiro atoms. The summed E-state index contributed by atoms with van der Waals surface area (Å²) in [6.45, 7) is 6.39. The number of carboxylic acid groups (broad SMARTS) is 1. The minimum absolute atomic E-state index is 0.172. The number of carbonyl (C=O) groups is 2. The van der Waals surface area contributed by atoms with E-state index in [9.17, 15) is 9.59 Å². The lowest BCUT2D eigenvalue weighted by Gasteiger charge is -2.17. The van der Waals surface area contributed by atoms with Crippen LogP contribution < -0.4 is 0 Å². The lowest BCUT2D eigenvalue weighted by molar-refractivity contribution is -0.149. The van der Waals surface area contributed by atoms with E-state index in [1.54, 1.807) is 0 Å². The zero-order valence-electron chi connectivity index (χ0n) is 8.59. The maximum atomic E-state index is 10.7. The molecule has 0 unspecified atom stereocenters. The maximum absolute atomic E-state index is 10.7. The summed E-state index contributed by atoms with van der Waals surface area (Å²) in [5, 5.41) is 8.29. The zero-order valence-corrected chi connectivity index (χ0v) is 8.59. The predicted molar refractivity (Wildman–Crippen MR) is 50.6 cm³/mol. The molecule has 1 N–H and O–H groups in total. The van der Waals surface area contributed by atoms with Gasteiger partial charge in [0, 0.05) is 6.42 Å². The first kappa shape index (κ1) is 12.1. The fourth-order valence-electron chi connectivity index (χ4n) is 1.05. The molecule has 0 saturated heterocycles. The van der Waals surface area contributed by atoms with E-state index < -0.39 is 11.8 Å². The molecular formula is C10H18O3. The van der Waals surface area contributed by atoms with Crippen molar-refractivity contribution in [3.8, 4) is 0 Å². The van der Waals surface area contributed by atoms with E-state index in [0.29, 0.717) is 6.42 Å². The van der Waals surface area contributed by atoms with Crippen molar-refractivity contribution >= 4 is 11.8 Å². The van der Waals surface area contributed by atoms with Crippen LogP contribution in [-0.2, 0) is 9.59 Å². The molecule has 0 radical (unpaired) electrons. The highest BCUT2D eigenvalue weighted by Crippen LogP contribution is 2.21. The average molecular weight is 186 g/mol. The van der Waals surface area contributed by atoms with E-state index >= 15 is 0 Å². The Morgan fingerprint density at radius 1 is 1.15 bits per heavy atom. The molecule has 0 aromatic carbocycles. The first-order chi connectivity index (χ1) is 5.83. The summed E-state index contributed by atoms with van der Waals surface area (Å²) in [5.74, 6) is -1.98. The van der Waals surface area contributed by atoms with Gasteiger partial charge in [-0.05, 0) is 18.3 Å². The zero-order chi connectivity index (χ0) is 10.5. The molecule has 0 rings (SSSR count). The van der Waals surface area contributed by atoms with Crippen molar-refractivity contribution < 1.29 is 14.7 Å². The Balaban J connectivity index is 3.47. The van der Waals surface area contributed by atoms with Gasteiger partial charge < -0.3 is 5.11 Å². The smallest absolute Gasteiger partial charge is 0.372 e. The summed E-state index contributed by atoms with van der Waals surface area (Å²) in [7, 11) is 0. The number of rotatable bonds is 5. The Morgan fingerprint density at radius 2 is 1.69 bits per heavy atom. The number of unbranched alkanes of at least 4 members (excludes halogenated alkanes) is 1. The largest absolute Gasteiger partial charge is 0.476 e. The summed E-state index contributed by atoms with van der Waals surface area (Å²) in [4.78, 5) is 20.8. The van der Waals surface area contributed by atoms with Crippen LogP contribution in [0.2, 0.25) is 0 Å². The predicted octanol–water partition coefficient (Wildman–Crippen LogP) is 2.25. The summed E-state index contributed by atoms with van der Waals surface area (Å²) < 4.78 is 0. The van der Waals surface area contributed by atoms with Gasteiger partial charge in [-0.3, -0.25) is 4.79 Å². The van der Waals surface area contributed by atoms with Crippen LogP contribution in [0.25, 0.3) is 0 Å². The molecule has 0 aliphatic rings. The van der Waals surface area contributed by atoms with Crippen molar-refractivity contribution in [2.45, 2.75) is 46.5 Å².